The van der Waals surface area contributed by atoms with Gasteiger partial charge in [0.05, 0.1) is 26.3 Å². The van der Waals surface area contributed by atoms with Crippen LogP contribution in [0.4, 0.5) is 15.3 Å². The van der Waals surface area contributed by atoms with Gasteiger partial charge in [-0.05, 0) is 62.6 Å². The maximum Gasteiger partial charge on any atom is 0.410 e. The highest BCUT2D eigenvalue weighted by molar-refractivity contribution is 6.05. The molecule has 0 spiro atoms. The smallest absolute Gasteiger partial charge is 0.410 e. The van der Waals surface area contributed by atoms with Crippen LogP contribution in [0.25, 0.3) is 0 Å². The Labute approximate surface area is 217 Å². The molecular formula is C28H35N3O6. The maximum absolute atomic E-state index is 13.2. The summed E-state index contributed by atoms with van der Waals surface area (Å²) in [6, 6.07) is 14.4. The van der Waals surface area contributed by atoms with Crippen LogP contribution in [-0.2, 0) is 16.1 Å². The number of amides is 4. The minimum Gasteiger partial charge on any atom is -0.497 e. The van der Waals surface area contributed by atoms with Gasteiger partial charge in [0, 0.05) is 31.1 Å². The number of hydrogen-bond donors (Lipinski definition) is 1. The summed E-state index contributed by atoms with van der Waals surface area (Å²) < 4.78 is 10.6. The molecule has 2 fully saturated rings. The second-order valence-corrected chi connectivity index (χ2v) is 10.5. The molecule has 0 bridgehead atoms. The van der Waals surface area contributed by atoms with Crippen LogP contribution in [0.1, 0.15) is 50.7 Å². The van der Waals surface area contributed by atoms with Gasteiger partial charge in [0.1, 0.15) is 11.4 Å². The lowest BCUT2D eigenvalue weighted by Gasteiger charge is -2.37. The van der Waals surface area contributed by atoms with E-state index in [2.05, 4.69) is 0 Å². The highest BCUT2D eigenvalue weighted by Gasteiger charge is 2.35. The van der Waals surface area contributed by atoms with Gasteiger partial charge in [0.2, 0.25) is 5.91 Å². The average Bonchev–Trinajstić information content (AvgIpc) is 2.86. The monoisotopic (exact) mass is 509 g/mol. The van der Waals surface area contributed by atoms with Crippen molar-refractivity contribution < 1.29 is 29.0 Å². The van der Waals surface area contributed by atoms with Crippen molar-refractivity contribution in [3.05, 3.63) is 59.7 Å². The van der Waals surface area contributed by atoms with Gasteiger partial charge in [-0.3, -0.25) is 14.6 Å². The van der Waals surface area contributed by atoms with Crippen molar-refractivity contribution in [2.45, 2.75) is 57.8 Å². The molecule has 2 aromatic carbocycles. The van der Waals surface area contributed by atoms with Gasteiger partial charge in [-0.25, -0.2) is 9.59 Å². The molecule has 9 nitrogen and oxygen atoms in total. The SMILES string of the molecule is COc1ccc(CN2C(=O)CCN(c3ccc(C4CCN(C(=O)OC(C)(C)C)CC4O)cc3)C2=O)cc1. The predicted octanol–water partition coefficient (Wildman–Crippen LogP) is 4.14. The van der Waals surface area contributed by atoms with Crippen molar-refractivity contribution in [3.63, 3.8) is 0 Å². The summed E-state index contributed by atoms with van der Waals surface area (Å²) in [5.74, 6) is 0.383. The van der Waals surface area contributed by atoms with Crippen LogP contribution in [0.2, 0.25) is 0 Å². The van der Waals surface area contributed by atoms with Gasteiger partial charge < -0.3 is 19.5 Å². The standard InChI is InChI=1S/C28H35N3O6/c1-28(2,3)37-27(35)29-15-13-23(24(32)18-29)20-7-9-21(10-8-20)30-16-14-25(33)31(26(30)34)17-19-5-11-22(36-4)12-6-19/h5-12,23-24,32H,13-18H2,1-4H3. The number of urea groups is 1. The van der Waals surface area contributed by atoms with E-state index < -0.39 is 17.8 Å². The Balaban J connectivity index is 1.40. The number of aliphatic hydroxyl groups excluding tert-OH is 1. The molecule has 2 atom stereocenters. The van der Waals surface area contributed by atoms with Crippen molar-refractivity contribution in [1.29, 1.82) is 0 Å². The first-order valence-electron chi connectivity index (χ1n) is 12.6. The molecule has 2 saturated heterocycles. The Kier molecular flexibility index (Phi) is 7.73. The third kappa shape index (κ3) is 6.22. The van der Waals surface area contributed by atoms with Crippen LogP contribution in [0, 0.1) is 0 Å². The quantitative estimate of drug-likeness (QED) is 0.650. The molecule has 2 aliphatic rings. The fourth-order valence-electron chi connectivity index (χ4n) is 4.71. The van der Waals surface area contributed by atoms with E-state index in [0.717, 1.165) is 11.1 Å². The molecular weight excluding hydrogens is 474 g/mol. The van der Waals surface area contributed by atoms with Gasteiger partial charge >= 0.3 is 12.1 Å². The molecule has 2 aromatic rings. The molecule has 2 aliphatic heterocycles. The zero-order valence-electron chi connectivity index (χ0n) is 21.8. The molecule has 0 aromatic heterocycles. The van der Waals surface area contributed by atoms with Crippen LogP contribution in [-0.4, -0.2) is 71.4 Å². The molecule has 0 saturated carbocycles. The van der Waals surface area contributed by atoms with Crippen molar-refractivity contribution >= 4 is 23.7 Å². The third-order valence-corrected chi connectivity index (χ3v) is 6.68. The van der Waals surface area contributed by atoms with E-state index in [1.54, 1.807) is 29.0 Å². The summed E-state index contributed by atoms with van der Waals surface area (Å²) >= 11 is 0. The number of β-amino-alcohol motifs (C(OH)–C–C–N with tert-alkyl or cyclic N) is 1. The van der Waals surface area contributed by atoms with E-state index in [0.29, 0.717) is 30.9 Å². The summed E-state index contributed by atoms with van der Waals surface area (Å²) in [7, 11) is 1.59. The fraction of sp³-hybridized carbons (Fsp3) is 0.464. The zero-order valence-corrected chi connectivity index (χ0v) is 21.8. The first kappa shape index (κ1) is 26.5. The molecule has 0 radical (unpaired) electrons. The van der Waals surface area contributed by atoms with Crippen LogP contribution < -0.4 is 9.64 Å². The minimum atomic E-state index is -0.721. The normalized spacial score (nSPS) is 20.7. The first-order chi connectivity index (χ1) is 17.6. The Morgan fingerprint density at radius 2 is 1.70 bits per heavy atom. The fourth-order valence-corrected chi connectivity index (χ4v) is 4.71. The number of carbonyl (C=O) groups is 3. The Bertz CT molecular complexity index is 1130. The Hall–Kier alpha value is -3.59. The average molecular weight is 510 g/mol. The first-order valence-corrected chi connectivity index (χ1v) is 12.6. The summed E-state index contributed by atoms with van der Waals surface area (Å²) in [5, 5.41) is 10.8. The van der Waals surface area contributed by atoms with Crippen molar-refractivity contribution in [1.82, 2.24) is 9.80 Å². The molecule has 4 rings (SSSR count). The van der Waals surface area contributed by atoms with Gasteiger partial charge in [-0.15, -0.1) is 0 Å². The molecule has 2 heterocycles. The number of nitrogens with zero attached hydrogens (tertiary/aromatic N) is 3. The topological polar surface area (TPSA) is 99.6 Å². The molecule has 37 heavy (non-hydrogen) atoms. The number of ether oxygens (including phenoxy) is 2. The van der Waals surface area contributed by atoms with Crippen molar-refractivity contribution in [2.24, 2.45) is 0 Å². The molecule has 198 valence electrons. The Morgan fingerprint density at radius 3 is 2.30 bits per heavy atom. The van der Waals surface area contributed by atoms with Crippen LogP contribution in [0.5, 0.6) is 5.75 Å². The van der Waals surface area contributed by atoms with Gasteiger partial charge in [0.15, 0.2) is 0 Å². The predicted molar refractivity (Wildman–Crippen MR) is 139 cm³/mol. The Morgan fingerprint density at radius 1 is 1.03 bits per heavy atom. The number of carbonyl (C=O) groups excluding carboxylic acids is 3. The molecule has 2 unspecified atom stereocenters. The molecule has 0 aliphatic carbocycles. The number of anilines is 1. The van der Waals surface area contributed by atoms with E-state index in [1.165, 1.54) is 4.90 Å². The summed E-state index contributed by atoms with van der Waals surface area (Å²) in [6.45, 7) is 6.65. The largest absolute Gasteiger partial charge is 0.497 e. The number of methoxy groups -OCH3 is 1. The second kappa shape index (κ2) is 10.8. The minimum absolute atomic E-state index is 0.127. The van der Waals surface area contributed by atoms with Gasteiger partial charge in [0.25, 0.3) is 0 Å². The maximum atomic E-state index is 13.2. The summed E-state index contributed by atoms with van der Waals surface area (Å²) in [5.41, 5.74) is 1.89. The number of hydrogen-bond acceptors (Lipinski definition) is 6. The van der Waals surface area contributed by atoms with Crippen LogP contribution >= 0.6 is 0 Å². The van der Waals surface area contributed by atoms with Gasteiger partial charge in [-0.1, -0.05) is 24.3 Å². The third-order valence-electron chi connectivity index (χ3n) is 6.68. The number of rotatable bonds is 5. The van der Waals surface area contributed by atoms with Crippen LogP contribution in [0.15, 0.2) is 48.5 Å². The summed E-state index contributed by atoms with van der Waals surface area (Å²) in [4.78, 5) is 42.6. The number of piperidine rings is 1. The van der Waals surface area contributed by atoms with E-state index in [-0.39, 0.29) is 37.4 Å². The molecule has 4 amide bonds. The van der Waals surface area contributed by atoms with E-state index in [4.69, 9.17) is 9.47 Å². The molecule has 9 heteroatoms. The lowest BCUT2D eigenvalue weighted by molar-refractivity contribution is -0.129. The van der Waals surface area contributed by atoms with E-state index in [9.17, 15) is 19.5 Å². The van der Waals surface area contributed by atoms with E-state index >= 15 is 0 Å². The number of imide groups is 1. The number of likely N-dealkylation sites (tertiary alicyclic amines) is 1. The van der Waals surface area contributed by atoms with Crippen molar-refractivity contribution in [3.8, 4) is 5.75 Å². The second-order valence-electron chi connectivity index (χ2n) is 10.5. The lowest BCUT2D eigenvalue weighted by atomic mass is 9.87. The number of aliphatic hydroxyl groups is 1. The lowest BCUT2D eigenvalue weighted by Crippen LogP contribution is -2.52. The highest BCUT2D eigenvalue weighted by atomic mass is 16.6. The van der Waals surface area contributed by atoms with Gasteiger partial charge in [-0.2, -0.15) is 0 Å². The molecule has 1 N–H and O–H groups in total. The zero-order chi connectivity index (χ0) is 26.7. The summed E-state index contributed by atoms with van der Waals surface area (Å²) in [6.07, 6.45) is -0.295. The number of benzene rings is 2. The van der Waals surface area contributed by atoms with E-state index in [1.807, 2.05) is 57.2 Å². The van der Waals surface area contributed by atoms with Crippen LogP contribution in [0.3, 0.4) is 0 Å². The highest BCUT2D eigenvalue weighted by Crippen LogP contribution is 2.31. The van der Waals surface area contributed by atoms with Crippen molar-refractivity contribution in [2.75, 3.05) is 31.6 Å².